The standard InChI is InChI=1S/C27H36FN3O3.C6H12N2O/c1-5-14-31(27(33)34-20-23-16-21(4)17-24(28)18-23)25(6-2)26(32)30(15-13-29-7-3)19-22-11-9-8-10-12-22;9-6-7-8-4-2-1-3-5-8/h7-12,16-18,25,29H,3,5-6,13-15,19-20H2,1-2,4H3;6H,1-5H2,(H,7,9)/t25-;/m0./s1. The van der Waals surface area contributed by atoms with Crippen molar-refractivity contribution in [2.45, 2.75) is 72.1 Å². The van der Waals surface area contributed by atoms with E-state index in [1.54, 1.807) is 24.1 Å². The maximum absolute atomic E-state index is 13.7. The van der Waals surface area contributed by atoms with Crippen molar-refractivity contribution < 1.29 is 23.5 Å². The molecule has 1 fully saturated rings. The van der Waals surface area contributed by atoms with Gasteiger partial charge in [-0.15, -0.1) is 0 Å². The number of benzene rings is 2. The van der Waals surface area contributed by atoms with Gasteiger partial charge in [0.1, 0.15) is 18.5 Å². The molecule has 1 aliphatic rings. The molecule has 3 amide bonds. The Labute approximate surface area is 256 Å². The summed E-state index contributed by atoms with van der Waals surface area (Å²) in [5.74, 6) is -0.507. The summed E-state index contributed by atoms with van der Waals surface area (Å²) in [5.41, 5.74) is 4.97. The van der Waals surface area contributed by atoms with Crippen LogP contribution in [0.25, 0.3) is 0 Å². The number of hydrogen-bond donors (Lipinski definition) is 2. The number of piperidine rings is 1. The third-order valence-electron chi connectivity index (χ3n) is 7.00. The highest BCUT2D eigenvalue weighted by molar-refractivity contribution is 5.85. The van der Waals surface area contributed by atoms with Crippen LogP contribution in [0.2, 0.25) is 0 Å². The molecule has 9 nitrogen and oxygen atoms in total. The van der Waals surface area contributed by atoms with Gasteiger partial charge in [0, 0.05) is 39.3 Å². The molecule has 0 aromatic heterocycles. The fourth-order valence-corrected chi connectivity index (χ4v) is 4.95. The van der Waals surface area contributed by atoms with Gasteiger partial charge in [0.2, 0.25) is 12.3 Å². The minimum absolute atomic E-state index is 0.0563. The van der Waals surface area contributed by atoms with Crippen molar-refractivity contribution in [3.05, 3.63) is 83.8 Å². The number of nitrogens with one attached hydrogen (secondary N) is 2. The van der Waals surface area contributed by atoms with Crippen LogP contribution < -0.4 is 10.7 Å². The van der Waals surface area contributed by atoms with E-state index < -0.39 is 12.1 Å². The summed E-state index contributed by atoms with van der Waals surface area (Å²) in [6, 6.07) is 13.6. The highest BCUT2D eigenvalue weighted by Gasteiger charge is 2.32. The number of hydrazine groups is 1. The minimum Gasteiger partial charge on any atom is -0.445 e. The van der Waals surface area contributed by atoms with Gasteiger partial charge < -0.3 is 15.0 Å². The predicted molar refractivity (Wildman–Crippen MR) is 167 cm³/mol. The Morgan fingerprint density at radius 1 is 1.07 bits per heavy atom. The maximum atomic E-state index is 13.7. The van der Waals surface area contributed by atoms with Crippen LogP contribution in [0.15, 0.2) is 61.3 Å². The quantitative estimate of drug-likeness (QED) is 0.218. The van der Waals surface area contributed by atoms with Gasteiger partial charge in [-0.3, -0.25) is 19.9 Å². The highest BCUT2D eigenvalue weighted by Crippen LogP contribution is 2.16. The van der Waals surface area contributed by atoms with E-state index in [0.717, 1.165) is 30.6 Å². The van der Waals surface area contributed by atoms with Gasteiger partial charge in [0.15, 0.2) is 0 Å². The summed E-state index contributed by atoms with van der Waals surface area (Å²) < 4.78 is 19.2. The number of nitrogens with zero attached hydrogens (tertiary/aromatic N) is 3. The summed E-state index contributed by atoms with van der Waals surface area (Å²) in [7, 11) is 0. The van der Waals surface area contributed by atoms with E-state index in [1.165, 1.54) is 36.3 Å². The smallest absolute Gasteiger partial charge is 0.410 e. The molecule has 0 radical (unpaired) electrons. The molecule has 0 bridgehead atoms. The van der Waals surface area contributed by atoms with Crippen molar-refractivity contribution in [1.29, 1.82) is 0 Å². The van der Waals surface area contributed by atoms with Crippen LogP contribution in [0, 0.1) is 12.7 Å². The van der Waals surface area contributed by atoms with Gasteiger partial charge in [-0.25, -0.2) is 14.2 Å². The van der Waals surface area contributed by atoms with Gasteiger partial charge in [-0.1, -0.05) is 63.2 Å². The number of amides is 3. The molecule has 3 rings (SSSR count). The van der Waals surface area contributed by atoms with E-state index in [9.17, 15) is 18.8 Å². The molecular formula is C33H48FN5O4. The average Bonchev–Trinajstić information content (AvgIpc) is 3.00. The monoisotopic (exact) mass is 597 g/mol. The van der Waals surface area contributed by atoms with Crippen molar-refractivity contribution in [3.8, 4) is 0 Å². The largest absolute Gasteiger partial charge is 0.445 e. The Balaban J connectivity index is 0.000000609. The van der Waals surface area contributed by atoms with Crippen LogP contribution in [0.4, 0.5) is 9.18 Å². The SMILES string of the molecule is C=CNCCN(Cc1ccccc1)C(=O)[C@H](CC)N(CCC)C(=O)OCc1cc(C)cc(F)c1.O=CNN1CCCCC1. The first kappa shape index (κ1) is 35.3. The van der Waals surface area contributed by atoms with E-state index in [4.69, 9.17) is 4.74 Å². The van der Waals surface area contributed by atoms with Crippen LogP contribution in [-0.2, 0) is 27.5 Å². The lowest BCUT2D eigenvalue weighted by atomic mass is 10.1. The lowest BCUT2D eigenvalue weighted by molar-refractivity contribution is -0.137. The van der Waals surface area contributed by atoms with E-state index >= 15 is 0 Å². The summed E-state index contributed by atoms with van der Waals surface area (Å²) in [6.07, 6.45) is 6.61. The number of aryl methyl sites for hydroxylation is 1. The minimum atomic E-state index is -0.658. The number of hydrogen-bond acceptors (Lipinski definition) is 6. The first-order chi connectivity index (χ1) is 20.8. The average molecular weight is 598 g/mol. The van der Waals surface area contributed by atoms with Crippen molar-refractivity contribution >= 4 is 18.4 Å². The molecule has 2 aromatic rings. The molecule has 1 saturated heterocycles. The second kappa shape index (κ2) is 20.1. The molecule has 0 saturated carbocycles. The van der Waals surface area contributed by atoms with E-state index in [2.05, 4.69) is 17.3 Å². The molecule has 0 unspecified atom stereocenters. The molecule has 0 aliphatic carbocycles. The third kappa shape index (κ3) is 12.9. The first-order valence-corrected chi connectivity index (χ1v) is 15.1. The van der Waals surface area contributed by atoms with Crippen LogP contribution in [0.1, 0.15) is 62.6 Å². The molecular weight excluding hydrogens is 549 g/mol. The first-order valence-electron chi connectivity index (χ1n) is 15.1. The fraction of sp³-hybridized carbons (Fsp3) is 0.485. The van der Waals surface area contributed by atoms with Crippen LogP contribution in [0.3, 0.4) is 0 Å². The molecule has 1 aliphatic heterocycles. The molecule has 236 valence electrons. The Kier molecular flexibility index (Phi) is 16.5. The number of ether oxygens (including phenoxy) is 1. The molecule has 43 heavy (non-hydrogen) atoms. The zero-order valence-corrected chi connectivity index (χ0v) is 25.9. The molecule has 10 heteroatoms. The second-order valence-electron chi connectivity index (χ2n) is 10.5. The van der Waals surface area contributed by atoms with Crippen LogP contribution in [-0.4, -0.2) is 72.0 Å². The van der Waals surface area contributed by atoms with Crippen LogP contribution in [0.5, 0.6) is 0 Å². The number of carbonyl (C=O) groups is 3. The molecule has 1 heterocycles. The maximum Gasteiger partial charge on any atom is 0.410 e. The fourth-order valence-electron chi connectivity index (χ4n) is 4.95. The highest BCUT2D eigenvalue weighted by atomic mass is 19.1. The van der Waals surface area contributed by atoms with Crippen molar-refractivity contribution in [2.75, 3.05) is 32.7 Å². The zero-order valence-electron chi connectivity index (χ0n) is 25.9. The normalized spacial score (nSPS) is 13.5. The topological polar surface area (TPSA) is 94.2 Å². The van der Waals surface area contributed by atoms with E-state index in [0.29, 0.717) is 44.6 Å². The number of rotatable bonds is 15. The molecule has 2 aromatic carbocycles. The van der Waals surface area contributed by atoms with E-state index in [1.807, 2.05) is 49.2 Å². The van der Waals surface area contributed by atoms with Gasteiger partial charge in [0.25, 0.3) is 0 Å². The summed E-state index contributed by atoms with van der Waals surface area (Å²) in [4.78, 5) is 39.8. The predicted octanol–water partition coefficient (Wildman–Crippen LogP) is 5.16. The van der Waals surface area contributed by atoms with Gasteiger partial charge in [-0.05, 0) is 67.6 Å². The summed E-state index contributed by atoms with van der Waals surface area (Å²) in [5, 5.41) is 4.99. The van der Waals surface area contributed by atoms with E-state index in [-0.39, 0.29) is 18.3 Å². The number of carbonyl (C=O) groups excluding carboxylic acids is 3. The van der Waals surface area contributed by atoms with Gasteiger partial charge in [-0.2, -0.15) is 0 Å². The Morgan fingerprint density at radius 3 is 2.40 bits per heavy atom. The van der Waals surface area contributed by atoms with Gasteiger partial charge in [0.05, 0.1) is 0 Å². The third-order valence-corrected chi connectivity index (χ3v) is 7.00. The molecule has 1 atom stereocenters. The lowest BCUT2D eigenvalue weighted by Crippen LogP contribution is -2.51. The lowest BCUT2D eigenvalue weighted by Gasteiger charge is -2.34. The zero-order chi connectivity index (χ0) is 31.5. The number of halogens is 1. The van der Waals surface area contributed by atoms with Gasteiger partial charge >= 0.3 is 6.09 Å². The second-order valence-corrected chi connectivity index (χ2v) is 10.5. The molecule has 0 spiro atoms. The summed E-state index contributed by atoms with van der Waals surface area (Å²) >= 11 is 0. The van der Waals surface area contributed by atoms with Crippen molar-refractivity contribution in [3.63, 3.8) is 0 Å². The van der Waals surface area contributed by atoms with Crippen molar-refractivity contribution in [2.24, 2.45) is 0 Å². The summed E-state index contributed by atoms with van der Waals surface area (Å²) in [6.45, 7) is 13.1. The molecule has 2 N–H and O–H groups in total. The Bertz CT molecular complexity index is 1110. The Morgan fingerprint density at radius 2 is 1.79 bits per heavy atom. The van der Waals surface area contributed by atoms with Crippen LogP contribution >= 0.6 is 0 Å². The van der Waals surface area contributed by atoms with Crippen molar-refractivity contribution in [1.82, 2.24) is 25.6 Å². The Hall–Kier alpha value is -3.92.